The predicted molar refractivity (Wildman–Crippen MR) is 71.4 cm³/mol. The van der Waals surface area contributed by atoms with Crippen LogP contribution in [0.25, 0.3) is 0 Å². The number of rotatable bonds is 3. The van der Waals surface area contributed by atoms with Gasteiger partial charge in [-0.05, 0) is 30.7 Å². The van der Waals surface area contributed by atoms with E-state index in [9.17, 15) is 0 Å². The van der Waals surface area contributed by atoms with Crippen LogP contribution in [0.2, 0.25) is 0 Å². The number of hydrogen-bond acceptors (Lipinski definition) is 3. The van der Waals surface area contributed by atoms with Gasteiger partial charge in [0.15, 0.2) is 0 Å². The van der Waals surface area contributed by atoms with Crippen molar-refractivity contribution in [1.29, 1.82) is 0 Å². The van der Waals surface area contributed by atoms with Crippen LogP contribution in [0.4, 0.5) is 11.5 Å². The van der Waals surface area contributed by atoms with E-state index >= 15 is 0 Å². The Bertz CT molecular complexity index is 508. The van der Waals surface area contributed by atoms with E-state index in [0.717, 1.165) is 17.1 Å². The Labute approximate surface area is 102 Å². The van der Waals surface area contributed by atoms with Gasteiger partial charge in [0.1, 0.15) is 5.82 Å². The average molecular weight is 227 g/mol. The monoisotopic (exact) mass is 227 g/mol. The molecular formula is C14H17N3. The molecule has 1 aromatic heterocycles. The summed E-state index contributed by atoms with van der Waals surface area (Å²) in [6.45, 7) is 2.58. The highest BCUT2D eigenvalue weighted by molar-refractivity contribution is 5.62. The average Bonchev–Trinajstić information content (AvgIpc) is 2.38. The lowest BCUT2D eigenvalue weighted by Crippen LogP contribution is -2.15. The van der Waals surface area contributed by atoms with Crippen molar-refractivity contribution in [1.82, 2.24) is 4.98 Å². The van der Waals surface area contributed by atoms with Gasteiger partial charge in [-0.2, -0.15) is 0 Å². The van der Waals surface area contributed by atoms with Gasteiger partial charge in [0.2, 0.25) is 0 Å². The highest BCUT2D eigenvalue weighted by Gasteiger charge is 2.09. The molecule has 0 amide bonds. The molecule has 0 saturated carbocycles. The van der Waals surface area contributed by atoms with Gasteiger partial charge in [-0.25, -0.2) is 4.98 Å². The molecule has 88 valence electrons. The van der Waals surface area contributed by atoms with Crippen LogP contribution < -0.4 is 10.6 Å². The molecule has 0 spiro atoms. The number of benzene rings is 1. The van der Waals surface area contributed by atoms with E-state index in [1.807, 2.05) is 25.2 Å². The van der Waals surface area contributed by atoms with E-state index in [0.29, 0.717) is 6.54 Å². The number of aromatic nitrogens is 1. The lowest BCUT2D eigenvalue weighted by Gasteiger charge is -2.21. The summed E-state index contributed by atoms with van der Waals surface area (Å²) in [5.41, 5.74) is 9.14. The number of aryl methyl sites for hydroxylation is 1. The summed E-state index contributed by atoms with van der Waals surface area (Å²) in [5, 5.41) is 0. The van der Waals surface area contributed by atoms with Crippen molar-refractivity contribution in [2.45, 2.75) is 13.5 Å². The molecule has 0 radical (unpaired) electrons. The highest BCUT2D eigenvalue weighted by Crippen LogP contribution is 2.24. The van der Waals surface area contributed by atoms with Crippen LogP contribution in [0, 0.1) is 6.92 Å². The molecule has 0 unspecified atom stereocenters. The van der Waals surface area contributed by atoms with Gasteiger partial charge < -0.3 is 10.6 Å². The maximum Gasteiger partial charge on any atom is 0.137 e. The first-order valence-corrected chi connectivity index (χ1v) is 5.66. The fourth-order valence-electron chi connectivity index (χ4n) is 1.85. The minimum absolute atomic E-state index is 0.499. The Balaban J connectivity index is 2.40. The minimum atomic E-state index is 0.499. The minimum Gasteiger partial charge on any atom is -0.329 e. The van der Waals surface area contributed by atoms with E-state index in [-0.39, 0.29) is 0 Å². The van der Waals surface area contributed by atoms with Crippen molar-refractivity contribution in [2.75, 3.05) is 11.9 Å². The zero-order valence-electron chi connectivity index (χ0n) is 10.2. The lowest BCUT2D eigenvalue weighted by atomic mass is 10.2. The number of pyridine rings is 1. The first kappa shape index (κ1) is 11.6. The maximum atomic E-state index is 5.73. The van der Waals surface area contributed by atoms with E-state index in [1.54, 1.807) is 6.20 Å². The molecule has 2 N–H and O–H groups in total. The smallest absolute Gasteiger partial charge is 0.137 e. The Hall–Kier alpha value is -1.87. The van der Waals surface area contributed by atoms with E-state index in [2.05, 4.69) is 35.0 Å². The first-order chi connectivity index (χ1) is 8.22. The van der Waals surface area contributed by atoms with Crippen LogP contribution >= 0.6 is 0 Å². The molecule has 0 aliphatic rings. The Morgan fingerprint density at radius 3 is 2.76 bits per heavy atom. The van der Waals surface area contributed by atoms with Gasteiger partial charge in [0.25, 0.3) is 0 Å². The molecular weight excluding hydrogens is 210 g/mol. The van der Waals surface area contributed by atoms with Gasteiger partial charge in [-0.15, -0.1) is 0 Å². The van der Waals surface area contributed by atoms with Gasteiger partial charge in [0, 0.05) is 31.0 Å². The molecule has 1 aromatic carbocycles. The van der Waals surface area contributed by atoms with Crippen molar-refractivity contribution in [3.05, 3.63) is 53.7 Å². The van der Waals surface area contributed by atoms with Crippen LogP contribution in [-0.2, 0) is 6.54 Å². The fourth-order valence-corrected chi connectivity index (χ4v) is 1.85. The number of hydrogen-bond donors (Lipinski definition) is 1. The highest BCUT2D eigenvalue weighted by atomic mass is 15.2. The van der Waals surface area contributed by atoms with Crippen molar-refractivity contribution in [3.63, 3.8) is 0 Å². The second-order valence-corrected chi connectivity index (χ2v) is 4.09. The molecule has 0 aliphatic carbocycles. The zero-order chi connectivity index (χ0) is 12.3. The normalized spacial score (nSPS) is 10.3. The largest absolute Gasteiger partial charge is 0.329 e. The summed E-state index contributed by atoms with van der Waals surface area (Å²) in [5.74, 6) is 0.917. The van der Waals surface area contributed by atoms with Gasteiger partial charge in [-0.1, -0.05) is 18.2 Å². The van der Waals surface area contributed by atoms with Crippen molar-refractivity contribution >= 4 is 11.5 Å². The molecule has 2 rings (SSSR count). The summed E-state index contributed by atoms with van der Waals surface area (Å²) in [4.78, 5) is 6.47. The molecule has 3 nitrogen and oxygen atoms in total. The van der Waals surface area contributed by atoms with Crippen molar-refractivity contribution in [2.24, 2.45) is 5.73 Å². The lowest BCUT2D eigenvalue weighted by molar-refractivity contribution is 1.01. The second kappa shape index (κ2) is 4.97. The van der Waals surface area contributed by atoms with E-state index in [1.165, 1.54) is 5.56 Å². The summed E-state index contributed by atoms with van der Waals surface area (Å²) in [6.07, 6.45) is 1.79. The van der Waals surface area contributed by atoms with Gasteiger partial charge in [0.05, 0.1) is 0 Å². The van der Waals surface area contributed by atoms with E-state index < -0.39 is 0 Å². The quantitative estimate of drug-likeness (QED) is 0.876. The second-order valence-electron chi connectivity index (χ2n) is 4.09. The standard InChI is InChI=1S/C14H17N3/c1-11-5-3-7-13(9-11)17(2)14-12(10-15)6-4-8-16-14/h3-9H,10,15H2,1-2H3. The summed E-state index contributed by atoms with van der Waals surface area (Å²) in [7, 11) is 2.01. The molecule has 3 heteroatoms. The molecule has 0 fully saturated rings. The molecule has 0 saturated heterocycles. The van der Waals surface area contributed by atoms with E-state index in [4.69, 9.17) is 5.73 Å². The van der Waals surface area contributed by atoms with Gasteiger partial charge >= 0.3 is 0 Å². The number of nitrogens with zero attached hydrogens (tertiary/aromatic N) is 2. The van der Waals surface area contributed by atoms with Crippen molar-refractivity contribution < 1.29 is 0 Å². The summed E-state index contributed by atoms with van der Waals surface area (Å²) >= 11 is 0. The molecule has 1 heterocycles. The molecule has 0 aliphatic heterocycles. The van der Waals surface area contributed by atoms with Crippen LogP contribution in [-0.4, -0.2) is 12.0 Å². The number of nitrogens with two attached hydrogens (primary N) is 1. The third-order valence-corrected chi connectivity index (χ3v) is 2.79. The molecule has 0 atom stereocenters. The topological polar surface area (TPSA) is 42.2 Å². The van der Waals surface area contributed by atoms with Gasteiger partial charge in [-0.3, -0.25) is 0 Å². The maximum absolute atomic E-state index is 5.73. The third-order valence-electron chi connectivity index (χ3n) is 2.79. The van der Waals surface area contributed by atoms with Crippen LogP contribution in [0.5, 0.6) is 0 Å². The fraction of sp³-hybridized carbons (Fsp3) is 0.214. The summed E-state index contributed by atoms with van der Waals surface area (Å²) in [6, 6.07) is 12.3. The first-order valence-electron chi connectivity index (χ1n) is 5.66. The molecule has 2 aromatic rings. The van der Waals surface area contributed by atoms with Crippen molar-refractivity contribution in [3.8, 4) is 0 Å². The Kier molecular flexibility index (Phi) is 3.40. The summed E-state index contributed by atoms with van der Waals surface area (Å²) < 4.78 is 0. The Morgan fingerprint density at radius 1 is 1.24 bits per heavy atom. The SMILES string of the molecule is Cc1cccc(N(C)c2ncccc2CN)c1. The number of anilines is 2. The van der Waals surface area contributed by atoms with Crippen LogP contribution in [0.1, 0.15) is 11.1 Å². The Morgan fingerprint density at radius 2 is 2.06 bits per heavy atom. The zero-order valence-corrected chi connectivity index (χ0v) is 10.2. The predicted octanol–water partition coefficient (Wildman–Crippen LogP) is 2.62. The van der Waals surface area contributed by atoms with Crippen LogP contribution in [0.3, 0.4) is 0 Å². The molecule has 17 heavy (non-hydrogen) atoms. The van der Waals surface area contributed by atoms with Crippen LogP contribution in [0.15, 0.2) is 42.6 Å². The third kappa shape index (κ3) is 2.45. The molecule has 0 bridgehead atoms.